The summed E-state index contributed by atoms with van der Waals surface area (Å²) in [4.78, 5) is 5.94. The minimum absolute atomic E-state index is 0.250. The minimum atomic E-state index is 0.250. The number of aromatic nitrogens is 1. The molecule has 0 spiro atoms. The topological polar surface area (TPSA) is 36.4 Å². The number of nitrogens with zero attached hydrogens (tertiary/aromatic N) is 2. The normalized spacial score (nSPS) is 8.33. The lowest BCUT2D eigenvalue weighted by molar-refractivity contribution is 0.318. The fourth-order valence-electron chi connectivity index (χ4n) is 0.642. The van der Waals surface area contributed by atoms with E-state index in [1.54, 1.807) is 19.3 Å². The van der Waals surface area contributed by atoms with Crippen molar-refractivity contribution in [2.75, 3.05) is 25.6 Å². The number of hydrogen-bond acceptors (Lipinski definition) is 3. The van der Waals surface area contributed by atoms with Gasteiger partial charge in [0.25, 0.3) is 0 Å². The first-order chi connectivity index (χ1) is 5.72. The molecular weight excluding hydrogens is 152 g/mol. The van der Waals surface area contributed by atoms with Crippen LogP contribution in [0.15, 0.2) is 24.5 Å². The van der Waals surface area contributed by atoms with E-state index >= 15 is 0 Å². The van der Waals surface area contributed by atoms with Crippen molar-refractivity contribution in [2.45, 2.75) is 6.92 Å². The molecule has 1 heterocycles. The van der Waals surface area contributed by atoms with Crippen LogP contribution in [0.1, 0.15) is 6.92 Å². The average Bonchev–Trinajstić information content (AvgIpc) is 2.07. The second kappa shape index (κ2) is 6.61. The van der Waals surface area contributed by atoms with Crippen molar-refractivity contribution in [3.8, 4) is 0 Å². The van der Waals surface area contributed by atoms with Crippen molar-refractivity contribution in [2.24, 2.45) is 0 Å². The predicted molar refractivity (Wildman–Crippen MR) is 51.3 cm³/mol. The van der Waals surface area contributed by atoms with Crippen molar-refractivity contribution in [3.63, 3.8) is 0 Å². The van der Waals surface area contributed by atoms with Gasteiger partial charge in [0.2, 0.25) is 0 Å². The molecule has 0 unspecified atom stereocenters. The Bertz CT molecular complexity index is 187. The molecule has 0 amide bonds. The molecule has 0 radical (unpaired) electrons. The fraction of sp³-hybridized carbons (Fsp3) is 0.444. The third-order valence-electron chi connectivity index (χ3n) is 1.18. The Morgan fingerprint density at radius 1 is 1.33 bits per heavy atom. The number of hydrogen-bond donors (Lipinski definition) is 1. The molecule has 1 aromatic rings. The molecule has 1 rings (SSSR count). The highest BCUT2D eigenvalue weighted by Gasteiger charge is 1.88. The van der Waals surface area contributed by atoms with Crippen molar-refractivity contribution in [1.29, 1.82) is 0 Å². The molecule has 12 heavy (non-hydrogen) atoms. The Labute approximate surface area is 73.7 Å². The van der Waals surface area contributed by atoms with E-state index in [0.717, 1.165) is 0 Å². The second-order valence-corrected chi connectivity index (χ2v) is 2.42. The van der Waals surface area contributed by atoms with E-state index < -0.39 is 0 Å². The molecule has 3 nitrogen and oxygen atoms in total. The van der Waals surface area contributed by atoms with Crippen molar-refractivity contribution < 1.29 is 5.11 Å². The molecule has 0 aromatic carbocycles. The quantitative estimate of drug-likeness (QED) is 0.683. The maximum atomic E-state index is 7.57. The monoisotopic (exact) mass is 168 g/mol. The minimum Gasteiger partial charge on any atom is -0.397 e. The summed E-state index contributed by atoms with van der Waals surface area (Å²) in [7, 11) is 4.02. The highest BCUT2D eigenvalue weighted by atomic mass is 16.2. The molecule has 1 N–H and O–H groups in total. The maximum Gasteiger partial charge on any atom is 0.0402 e. The van der Waals surface area contributed by atoms with Gasteiger partial charge in [-0.1, -0.05) is 0 Å². The van der Waals surface area contributed by atoms with Crippen molar-refractivity contribution in [1.82, 2.24) is 4.98 Å². The van der Waals surface area contributed by atoms with Crippen LogP contribution in [0, 0.1) is 0 Å². The molecule has 68 valence electrons. The zero-order chi connectivity index (χ0) is 9.40. The van der Waals surface area contributed by atoms with E-state index in [1.807, 2.05) is 31.1 Å². The zero-order valence-electron chi connectivity index (χ0n) is 7.86. The van der Waals surface area contributed by atoms with Crippen LogP contribution in [0.2, 0.25) is 0 Å². The number of aliphatic hydroxyl groups is 1. The first-order valence-electron chi connectivity index (χ1n) is 3.90. The highest BCUT2D eigenvalue weighted by molar-refractivity contribution is 5.42. The van der Waals surface area contributed by atoms with Gasteiger partial charge in [0.05, 0.1) is 0 Å². The van der Waals surface area contributed by atoms with E-state index in [-0.39, 0.29) is 6.61 Å². The maximum absolute atomic E-state index is 7.57. The molecule has 0 aliphatic heterocycles. The van der Waals surface area contributed by atoms with E-state index in [2.05, 4.69) is 4.98 Å². The van der Waals surface area contributed by atoms with Crippen LogP contribution in [-0.2, 0) is 0 Å². The summed E-state index contributed by atoms with van der Waals surface area (Å²) in [5.74, 6) is 0. The van der Waals surface area contributed by atoms with Crippen LogP contribution >= 0.6 is 0 Å². The number of anilines is 1. The smallest absolute Gasteiger partial charge is 0.0402 e. The van der Waals surface area contributed by atoms with Gasteiger partial charge in [-0.25, -0.2) is 0 Å². The Hall–Kier alpha value is -1.09. The number of rotatable bonds is 1. The van der Waals surface area contributed by atoms with Crippen molar-refractivity contribution >= 4 is 5.69 Å². The summed E-state index contributed by atoms with van der Waals surface area (Å²) in [5, 5.41) is 7.57. The van der Waals surface area contributed by atoms with E-state index in [9.17, 15) is 0 Å². The first kappa shape index (κ1) is 10.9. The standard InChI is InChI=1S/C7H10N2.C2H6O/c1-9(2)7-3-5-8-6-4-7;1-2-3/h3-6H,1-2H3;3H,2H2,1H3. The number of pyridine rings is 1. The van der Waals surface area contributed by atoms with Gasteiger partial charge >= 0.3 is 0 Å². The summed E-state index contributed by atoms with van der Waals surface area (Å²) in [6, 6.07) is 3.94. The molecule has 0 aliphatic carbocycles. The van der Waals surface area contributed by atoms with Crippen LogP contribution in [-0.4, -0.2) is 30.8 Å². The average molecular weight is 168 g/mol. The van der Waals surface area contributed by atoms with Gasteiger partial charge in [0.1, 0.15) is 0 Å². The number of aliphatic hydroxyl groups excluding tert-OH is 1. The van der Waals surface area contributed by atoms with E-state index in [4.69, 9.17) is 5.11 Å². The molecule has 0 bridgehead atoms. The summed E-state index contributed by atoms with van der Waals surface area (Å²) < 4.78 is 0. The summed E-state index contributed by atoms with van der Waals surface area (Å²) in [5.41, 5.74) is 1.19. The van der Waals surface area contributed by atoms with E-state index in [0.29, 0.717) is 0 Å². The second-order valence-electron chi connectivity index (χ2n) is 2.42. The van der Waals surface area contributed by atoms with Gasteiger partial charge < -0.3 is 10.0 Å². The van der Waals surface area contributed by atoms with Crippen LogP contribution in [0.3, 0.4) is 0 Å². The molecular formula is C9H16N2O. The van der Waals surface area contributed by atoms with Gasteiger partial charge in [0, 0.05) is 38.8 Å². The summed E-state index contributed by atoms with van der Waals surface area (Å²) >= 11 is 0. The first-order valence-corrected chi connectivity index (χ1v) is 3.90. The lowest BCUT2D eigenvalue weighted by Crippen LogP contribution is -2.07. The molecule has 0 saturated carbocycles. The summed E-state index contributed by atoms with van der Waals surface area (Å²) in [6.07, 6.45) is 3.57. The molecule has 0 fully saturated rings. The zero-order valence-corrected chi connectivity index (χ0v) is 7.86. The predicted octanol–water partition coefficient (Wildman–Crippen LogP) is 1.15. The lowest BCUT2D eigenvalue weighted by atomic mass is 10.4. The van der Waals surface area contributed by atoms with Gasteiger partial charge in [-0.2, -0.15) is 0 Å². The lowest BCUT2D eigenvalue weighted by Gasteiger charge is -2.10. The SMILES string of the molecule is CCO.CN(C)c1ccncc1. The fourth-order valence-corrected chi connectivity index (χ4v) is 0.642. The van der Waals surface area contributed by atoms with Crippen LogP contribution in [0.5, 0.6) is 0 Å². The third-order valence-corrected chi connectivity index (χ3v) is 1.18. The van der Waals surface area contributed by atoms with Gasteiger partial charge in [-0.05, 0) is 19.1 Å². The Morgan fingerprint density at radius 2 is 1.75 bits per heavy atom. The highest BCUT2D eigenvalue weighted by Crippen LogP contribution is 2.05. The molecule has 3 heteroatoms. The van der Waals surface area contributed by atoms with Crippen molar-refractivity contribution in [3.05, 3.63) is 24.5 Å². The Kier molecular flexibility index (Phi) is 6.01. The summed E-state index contributed by atoms with van der Waals surface area (Å²) in [6.45, 7) is 1.93. The van der Waals surface area contributed by atoms with Gasteiger partial charge in [-0.15, -0.1) is 0 Å². The third kappa shape index (κ3) is 4.68. The van der Waals surface area contributed by atoms with Crippen LogP contribution in [0.4, 0.5) is 5.69 Å². The van der Waals surface area contributed by atoms with Gasteiger partial charge in [0.15, 0.2) is 0 Å². The van der Waals surface area contributed by atoms with Gasteiger partial charge in [-0.3, -0.25) is 4.98 Å². The largest absolute Gasteiger partial charge is 0.397 e. The molecule has 0 atom stereocenters. The van der Waals surface area contributed by atoms with Crippen LogP contribution < -0.4 is 4.90 Å². The molecule has 1 aromatic heterocycles. The van der Waals surface area contributed by atoms with Crippen LogP contribution in [0.25, 0.3) is 0 Å². The molecule has 0 saturated heterocycles. The Morgan fingerprint density at radius 3 is 2.00 bits per heavy atom. The Balaban J connectivity index is 0.000000354. The van der Waals surface area contributed by atoms with E-state index in [1.165, 1.54) is 5.69 Å². The molecule has 0 aliphatic rings.